The van der Waals surface area contributed by atoms with E-state index in [1.54, 1.807) is 4.90 Å². The van der Waals surface area contributed by atoms with Crippen molar-refractivity contribution in [2.75, 3.05) is 6.54 Å². The number of hydrogen-bond donors (Lipinski definition) is 1. The van der Waals surface area contributed by atoms with Gasteiger partial charge in [-0.2, -0.15) is 0 Å². The molecule has 1 aliphatic rings. The first-order chi connectivity index (χ1) is 8.08. The molecule has 0 bridgehead atoms. The van der Waals surface area contributed by atoms with Crippen molar-refractivity contribution in [3.05, 3.63) is 19.9 Å². The number of rotatable bonds is 5. The minimum atomic E-state index is -0.858. The van der Waals surface area contributed by atoms with Gasteiger partial charge in [0.25, 0.3) is 5.91 Å². The number of aliphatic carboxylic acids is 1. The molecule has 1 aromatic rings. The predicted octanol–water partition coefficient (Wildman–Crippen LogP) is 2.43. The molecule has 1 N–H and O–H groups in total. The zero-order valence-electron chi connectivity index (χ0n) is 9.06. The number of amides is 1. The van der Waals surface area contributed by atoms with Crippen LogP contribution in [-0.2, 0) is 4.79 Å². The maximum atomic E-state index is 12.2. The number of carboxylic acid groups (broad SMARTS) is 1. The van der Waals surface area contributed by atoms with Crippen LogP contribution < -0.4 is 0 Å². The van der Waals surface area contributed by atoms with Crippen LogP contribution in [0.5, 0.6) is 0 Å². The van der Waals surface area contributed by atoms with Crippen LogP contribution >= 0.6 is 33.9 Å². The third-order valence-electron chi connectivity index (χ3n) is 2.63. The van der Waals surface area contributed by atoms with Crippen LogP contribution in [0, 0.1) is 2.88 Å². The van der Waals surface area contributed by atoms with Crippen molar-refractivity contribution in [2.24, 2.45) is 0 Å². The van der Waals surface area contributed by atoms with Gasteiger partial charge in [0.2, 0.25) is 0 Å². The third-order valence-corrected chi connectivity index (χ3v) is 4.42. The first-order valence-electron chi connectivity index (χ1n) is 5.34. The summed E-state index contributed by atoms with van der Waals surface area (Å²) < 4.78 is 1.07. The Kier molecular flexibility index (Phi) is 4.03. The van der Waals surface area contributed by atoms with Gasteiger partial charge in [0.1, 0.15) is 0 Å². The van der Waals surface area contributed by atoms with Crippen LogP contribution in [-0.4, -0.2) is 34.5 Å². The Morgan fingerprint density at radius 3 is 2.71 bits per heavy atom. The Morgan fingerprint density at radius 2 is 2.24 bits per heavy atom. The van der Waals surface area contributed by atoms with Crippen LogP contribution in [0.3, 0.4) is 0 Å². The summed E-state index contributed by atoms with van der Waals surface area (Å²) in [5.41, 5.74) is 0.677. The number of thiophene rings is 1. The smallest absolute Gasteiger partial charge is 0.305 e. The van der Waals surface area contributed by atoms with E-state index in [2.05, 4.69) is 22.6 Å². The van der Waals surface area contributed by atoms with Gasteiger partial charge in [0.15, 0.2) is 0 Å². The topological polar surface area (TPSA) is 57.6 Å². The summed E-state index contributed by atoms with van der Waals surface area (Å²) in [7, 11) is 0. The Morgan fingerprint density at radius 1 is 1.53 bits per heavy atom. The molecule has 1 saturated carbocycles. The molecule has 1 heterocycles. The highest BCUT2D eigenvalue weighted by Gasteiger charge is 2.33. The fraction of sp³-hybridized carbons (Fsp3) is 0.455. The molecule has 1 aromatic heterocycles. The van der Waals surface area contributed by atoms with Crippen molar-refractivity contribution in [1.82, 2.24) is 4.90 Å². The van der Waals surface area contributed by atoms with E-state index in [0.29, 0.717) is 12.1 Å². The monoisotopic (exact) mass is 365 g/mol. The number of halogens is 1. The largest absolute Gasteiger partial charge is 0.481 e. The molecule has 6 heteroatoms. The van der Waals surface area contributed by atoms with Gasteiger partial charge >= 0.3 is 5.97 Å². The number of carbonyl (C=O) groups excluding carboxylic acids is 1. The molecule has 1 aliphatic carbocycles. The molecule has 0 spiro atoms. The lowest BCUT2D eigenvalue weighted by molar-refractivity contribution is -0.137. The molecular formula is C11H12INO3S. The van der Waals surface area contributed by atoms with E-state index in [4.69, 9.17) is 5.11 Å². The Balaban J connectivity index is 2.05. The van der Waals surface area contributed by atoms with E-state index >= 15 is 0 Å². The molecular weight excluding hydrogens is 353 g/mol. The highest BCUT2D eigenvalue weighted by Crippen LogP contribution is 2.29. The Hall–Kier alpha value is -0.630. The highest BCUT2D eigenvalue weighted by atomic mass is 127. The molecule has 0 aliphatic heterocycles. The van der Waals surface area contributed by atoms with E-state index in [-0.39, 0.29) is 18.4 Å². The normalized spacial score (nSPS) is 14.6. The fourth-order valence-electron chi connectivity index (χ4n) is 1.64. The minimum Gasteiger partial charge on any atom is -0.481 e. The van der Waals surface area contributed by atoms with Crippen LogP contribution in [0.15, 0.2) is 11.4 Å². The molecule has 0 unspecified atom stereocenters. The Labute approximate surface area is 117 Å². The summed E-state index contributed by atoms with van der Waals surface area (Å²) in [6.07, 6.45) is 2.00. The molecule has 4 nitrogen and oxygen atoms in total. The molecule has 0 aromatic carbocycles. The Bertz CT molecular complexity index is 442. The van der Waals surface area contributed by atoms with Crippen molar-refractivity contribution in [1.29, 1.82) is 0 Å². The predicted molar refractivity (Wildman–Crippen MR) is 73.3 cm³/mol. The maximum Gasteiger partial charge on any atom is 0.305 e. The summed E-state index contributed by atoms with van der Waals surface area (Å²) in [6.45, 7) is 0.311. The third kappa shape index (κ3) is 3.41. The van der Waals surface area contributed by atoms with E-state index in [9.17, 15) is 9.59 Å². The van der Waals surface area contributed by atoms with Crippen molar-refractivity contribution >= 4 is 45.8 Å². The molecule has 0 saturated heterocycles. The fourth-order valence-corrected chi connectivity index (χ4v) is 2.96. The van der Waals surface area contributed by atoms with E-state index < -0.39 is 5.97 Å². The number of hydrogen-bond acceptors (Lipinski definition) is 3. The van der Waals surface area contributed by atoms with E-state index in [1.165, 1.54) is 11.3 Å². The molecule has 17 heavy (non-hydrogen) atoms. The average molecular weight is 365 g/mol. The summed E-state index contributed by atoms with van der Waals surface area (Å²) >= 11 is 3.71. The lowest BCUT2D eigenvalue weighted by atomic mass is 10.2. The van der Waals surface area contributed by atoms with E-state index in [0.717, 1.165) is 15.7 Å². The maximum absolute atomic E-state index is 12.2. The van der Waals surface area contributed by atoms with Gasteiger partial charge in [-0.3, -0.25) is 9.59 Å². The number of nitrogens with zero attached hydrogens (tertiary/aromatic N) is 1. The number of carboxylic acids is 1. The summed E-state index contributed by atoms with van der Waals surface area (Å²) in [5, 5.41) is 10.5. The molecule has 1 fully saturated rings. The van der Waals surface area contributed by atoms with Gasteiger partial charge in [-0.25, -0.2) is 0 Å². The van der Waals surface area contributed by atoms with Crippen molar-refractivity contribution in [2.45, 2.75) is 25.3 Å². The first kappa shape index (κ1) is 12.8. The lowest BCUT2D eigenvalue weighted by Gasteiger charge is -2.20. The van der Waals surface area contributed by atoms with Gasteiger partial charge in [-0.15, -0.1) is 11.3 Å². The van der Waals surface area contributed by atoms with Crippen LogP contribution in [0.4, 0.5) is 0 Å². The standard InChI is InChI=1S/C11H12INO3S/c12-9-5-7(6-17-9)11(16)13(8-1-2-8)4-3-10(14)15/h5-6,8H,1-4H2,(H,14,15). The number of carbonyl (C=O) groups is 2. The van der Waals surface area contributed by atoms with Gasteiger partial charge in [-0.1, -0.05) is 0 Å². The van der Waals surface area contributed by atoms with Gasteiger partial charge in [-0.05, 0) is 41.5 Å². The zero-order chi connectivity index (χ0) is 12.4. The van der Waals surface area contributed by atoms with Gasteiger partial charge in [0, 0.05) is 18.0 Å². The second kappa shape index (κ2) is 5.34. The second-order valence-corrected chi connectivity index (χ2v) is 6.82. The zero-order valence-corrected chi connectivity index (χ0v) is 12.0. The van der Waals surface area contributed by atoms with Crippen molar-refractivity contribution in [3.63, 3.8) is 0 Å². The minimum absolute atomic E-state index is 0.0173. The average Bonchev–Trinajstić information content (AvgIpc) is 3.00. The van der Waals surface area contributed by atoms with Gasteiger partial charge < -0.3 is 10.0 Å². The highest BCUT2D eigenvalue weighted by molar-refractivity contribution is 14.1. The first-order valence-corrected chi connectivity index (χ1v) is 7.30. The molecule has 0 radical (unpaired) electrons. The second-order valence-electron chi connectivity index (χ2n) is 4.01. The van der Waals surface area contributed by atoms with Crippen molar-refractivity contribution in [3.8, 4) is 0 Å². The van der Waals surface area contributed by atoms with E-state index in [1.807, 2.05) is 11.4 Å². The van der Waals surface area contributed by atoms with Gasteiger partial charge in [0.05, 0.1) is 14.9 Å². The lowest BCUT2D eigenvalue weighted by Crippen LogP contribution is -2.34. The molecule has 0 atom stereocenters. The molecule has 2 rings (SSSR count). The quantitative estimate of drug-likeness (QED) is 0.816. The summed E-state index contributed by atoms with van der Waals surface area (Å²) in [5.74, 6) is -0.892. The van der Waals surface area contributed by atoms with Crippen LogP contribution in [0.2, 0.25) is 0 Å². The summed E-state index contributed by atoms with van der Waals surface area (Å²) in [4.78, 5) is 24.5. The van der Waals surface area contributed by atoms with Crippen LogP contribution in [0.1, 0.15) is 29.6 Å². The SMILES string of the molecule is O=C(O)CCN(C(=O)c1csc(I)c1)C1CC1. The van der Waals surface area contributed by atoms with Crippen LogP contribution in [0.25, 0.3) is 0 Å². The molecule has 92 valence electrons. The molecule has 1 amide bonds. The summed E-state index contributed by atoms with van der Waals surface area (Å²) in [6, 6.07) is 2.10. The van der Waals surface area contributed by atoms with Crippen molar-refractivity contribution < 1.29 is 14.7 Å².